The van der Waals surface area contributed by atoms with Crippen molar-refractivity contribution in [2.24, 2.45) is 10.8 Å². The van der Waals surface area contributed by atoms with E-state index in [9.17, 15) is 4.79 Å². The number of piperazine rings is 1. The SMILES string of the molecule is CN1CCN(CCCOC(=O)C(C)(C)CC(C)(C)C)CC1.Cl.Cl. The van der Waals surface area contributed by atoms with Crippen LogP contribution in [-0.2, 0) is 9.53 Å². The average Bonchev–Trinajstić information content (AvgIpc) is 2.33. The topological polar surface area (TPSA) is 32.8 Å². The molecule has 0 radical (unpaired) electrons. The molecule has 0 N–H and O–H groups in total. The molecule has 23 heavy (non-hydrogen) atoms. The molecule has 140 valence electrons. The van der Waals surface area contributed by atoms with E-state index in [2.05, 4.69) is 37.6 Å². The fourth-order valence-corrected chi connectivity index (χ4v) is 3.12. The van der Waals surface area contributed by atoms with Gasteiger partial charge in [-0.25, -0.2) is 0 Å². The first-order valence-corrected chi connectivity index (χ1v) is 8.18. The smallest absolute Gasteiger partial charge is 0.311 e. The van der Waals surface area contributed by atoms with Crippen LogP contribution in [0.25, 0.3) is 0 Å². The van der Waals surface area contributed by atoms with Gasteiger partial charge in [-0.1, -0.05) is 20.8 Å². The van der Waals surface area contributed by atoms with Crippen molar-refractivity contribution in [1.82, 2.24) is 9.80 Å². The van der Waals surface area contributed by atoms with E-state index in [0.29, 0.717) is 6.61 Å². The number of halogens is 2. The van der Waals surface area contributed by atoms with Crippen molar-refractivity contribution in [3.8, 4) is 0 Å². The first-order valence-electron chi connectivity index (χ1n) is 8.18. The van der Waals surface area contributed by atoms with Gasteiger partial charge < -0.3 is 14.5 Å². The van der Waals surface area contributed by atoms with Crippen molar-refractivity contribution in [3.63, 3.8) is 0 Å². The highest BCUT2D eigenvalue weighted by atomic mass is 35.5. The van der Waals surface area contributed by atoms with Gasteiger partial charge in [0.2, 0.25) is 0 Å². The summed E-state index contributed by atoms with van der Waals surface area (Å²) in [4.78, 5) is 17.0. The van der Waals surface area contributed by atoms with Gasteiger partial charge in [0.05, 0.1) is 12.0 Å². The molecule has 0 atom stereocenters. The Morgan fingerprint density at radius 1 is 1.00 bits per heavy atom. The molecule has 0 amide bonds. The van der Waals surface area contributed by atoms with E-state index in [4.69, 9.17) is 4.74 Å². The van der Waals surface area contributed by atoms with Gasteiger partial charge in [-0.3, -0.25) is 4.79 Å². The van der Waals surface area contributed by atoms with Crippen LogP contribution < -0.4 is 0 Å². The van der Waals surface area contributed by atoms with Gasteiger partial charge >= 0.3 is 5.97 Å². The minimum atomic E-state index is -0.397. The van der Waals surface area contributed by atoms with Crippen LogP contribution in [0, 0.1) is 10.8 Å². The fourth-order valence-electron chi connectivity index (χ4n) is 3.12. The Balaban J connectivity index is 0. The van der Waals surface area contributed by atoms with Gasteiger partial charge in [0.25, 0.3) is 0 Å². The number of ether oxygens (including phenoxy) is 1. The molecule has 1 fully saturated rings. The molecule has 0 spiro atoms. The Morgan fingerprint density at radius 2 is 1.52 bits per heavy atom. The number of carbonyl (C=O) groups excluding carboxylic acids is 1. The summed E-state index contributed by atoms with van der Waals surface area (Å²) < 4.78 is 5.49. The van der Waals surface area contributed by atoms with Crippen LogP contribution in [-0.4, -0.2) is 62.1 Å². The third-order valence-electron chi connectivity index (χ3n) is 3.97. The third-order valence-corrected chi connectivity index (χ3v) is 3.97. The standard InChI is InChI=1S/C17H34N2O2.2ClH/c1-16(2,3)14-17(4,5)15(20)21-13-7-8-19-11-9-18(6)10-12-19;;/h7-14H2,1-6H3;2*1H. The molecule has 0 aliphatic carbocycles. The lowest BCUT2D eigenvalue weighted by atomic mass is 9.76. The predicted molar refractivity (Wildman–Crippen MR) is 102 cm³/mol. The number of likely N-dealkylation sites (N-methyl/N-ethyl adjacent to an activating group) is 1. The fraction of sp³-hybridized carbons (Fsp3) is 0.941. The second-order valence-corrected chi connectivity index (χ2v) is 8.26. The van der Waals surface area contributed by atoms with E-state index < -0.39 is 5.41 Å². The third kappa shape index (κ3) is 10.4. The van der Waals surface area contributed by atoms with Gasteiger partial charge in [-0.15, -0.1) is 24.8 Å². The van der Waals surface area contributed by atoms with Crippen LogP contribution in [0.4, 0.5) is 0 Å². The zero-order valence-corrected chi connectivity index (χ0v) is 17.3. The number of carbonyl (C=O) groups is 1. The summed E-state index contributed by atoms with van der Waals surface area (Å²) in [5, 5.41) is 0. The molecule has 4 nitrogen and oxygen atoms in total. The molecule has 0 aromatic rings. The molecular formula is C17H36Cl2N2O2. The average molecular weight is 371 g/mol. The summed E-state index contributed by atoms with van der Waals surface area (Å²) in [5.41, 5.74) is -0.256. The molecule has 6 heteroatoms. The number of nitrogens with zero attached hydrogens (tertiary/aromatic N) is 2. The van der Waals surface area contributed by atoms with Crippen molar-refractivity contribution in [2.75, 3.05) is 46.4 Å². The van der Waals surface area contributed by atoms with Crippen molar-refractivity contribution >= 4 is 30.8 Å². The Labute approximate surface area is 155 Å². The maximum Gasteiger partial charge on any atom is 0.311 e. The zero-order chi connectivity index (χ0) is 16.1. The van der Waals surface area contributed by atoms with Crippen molar-refractivity contribution in [3.05, 3.63) is 0 Å². The van der Waals surface area contributed by atoms with Crippen LogP contribution in [0.3, 0.4) is 0 Å². The van der Waals surface area contributed by atoms with E-state index >= 15 is 0 Å². The Bertz CT molecular complexity index is 336. The summed E-state index contributed by atoms with van der Waals surface area (Å²) in [6, 6.07) is 0. The number of esters is 1. The maximum atomic E-state index is 12.2. The van der Waals surface area contributed by atoms with Crippen LogP contribution in [0.1, 0.15) is 47.5 Å². The first-order chi connectivity index (χ1) is 9.60. The van der Waals surface area contributed by atoms with Gasteiger partial charge in [0.1, 0.15) is 0 Å². The lowest BCUT2D eigenvalue weighted by molar-refractivity contribution is -0.155. The van der Waals surface area contributed by atoms with Crippen molar-refractivity contribution < 1.29 is 9.53 Å². The normalized spacial score (nSPS) is 17.1. The molecule has 1 rings (SSSR count). The van der Waals surface area contributed by atoms with Crippen LogP contribution in [0.15, 0.2) is 0 Å². The summed E-state index contributed by atoms with van der Waals surface area (Å²) in [6.45, 7) is 16.6. The Morgan fingerprint density at radius 3 is 2.00 bits per heavy atom. The molecule has 1 heterocycles. The summed E-state index contributed by atoms with van der Waals surface area (Å²) in [7, 11) is 2.16. The van der Waals surface area contributed by atoms with E-state index in [1.165, 1.54) is 0 Å². The highest BCUT2D eigenvalue weighted by molar-refractivity contribution is 5.85. The van der Waals surface area contributed by atoms with Gasteiger partial charge in [0.15, 0.2) is 0 Å². The number of hydrogen-bond acceptors (Lipinski definition) is 4. The molecule has 0 unspecified atom stereocenters. The minimum absolute atomic E-state index is 0. The maximum absolute atomic E-state index is 12.2. The largest absolute Gasteiger partial charge is 0.465 e. The monoisotopic (exact) mass is 370 g/mol. The molecule has 0 bridgehead atoms. The molecule has 1 aliphatic heterocycles. The zero-order valence-electron chi connectivity index (χ0n) is 15.7. The van der Waals surface area contributed by atoms with Crippen molar-refractivity contribution in [1.29, 1.82) is 0 Å². The molecule has 0 saturated carbocycles. The van der Waals surface area contributed by atoms with Crippen LogP contribution >= 0.6 is 24.8 Å². The molecule has 1 saturated heterocycles. The van der Waals surface area contributed by atoms with Crippen LogP contribution in [0.2, 0.25) is 0 Å². The van der Waals surface area contributed by atoms with Crippen molar-refractivity contribution in [2.45, 2.75) is 47.5 Å². The lowest BCUT2D eigenvalue weighted by Crippen LogP contribution is -2.44. The van der Waals surface area contributed by atoms with E-state index in [0.717, 1.165) is 45.6 Å². The highest BCUT2D eigenvalue weighted by Gasteiger charge is 2.33. The Kier molecular flexibility index (Phi) is 11.8. The summed E-state index contributed by atoms with van der Waals surface area (Å²) in [5.74, 6) is -0.0594. The second-order valence-electron chi connectivity index (χ2n) is 8.26. The number of rotatable bonds is 6. The highest BCUT2D eigenvalue weighted by Crippen LogP contribution is 2.34. The predicted octanol–water partition coefficient (Wildman–Crippen LogP) is 3.47. The molecule has 0 aromatic heterocycles. The van der Waals surface area contributed by atoms with Gasteiger partial charge in [-0.05, 0) is 39.2 Å². The Hall–Kier alpha value is -0.0300. The molecule has 1 aliphatic rings. The van der Waals surface area contributed by atoms with E-state index in [1.807, 2.05) is 13.8 Å². The quantitative estimate of drug-likeness (QED) is 0.529. The summed E-state index contributed by atoms with van der Waals surface area (Å²) in [6.07, 6.45) is 1.78. The molecule has 0 aromatic carbocycles. The number of hydrogen-bond donors (Lipinski definition) is 0. The minimum Gasteiger partial charge on any atom is -0.465 e. The second kappa shape index (κ2) is 10.8. The van der Waals surface area contributed by atoms with Crippen LogP contribution in [0.5, 0.6) is 0 Å². The van der Waals surface area contributed by atoms with E-state index in [1.54, 1.807) is 0 Å². The van der Waals surface area contributed by atoms with E-state index in [-0.39, 0.29) is 36.2 Å². The summed E-state index contributed by atoms with van der Waals surface area (Å²) >= 11 is 0. The first kappa shape index (κ1) is 25.2. The van der Waals surface area contributed by atoms with Gasteiger partial charge in [0, 0.05) is 32.7 Å². The van der Waals surface area contributed by atoms with Gasteiger partial charge in [-0.2, -0.15) is 0 Å². The lowest BCUT2D eigenvalue weighted by Gasteiger charge is -2.32. The molecular weight excluding hydrogens is 335 g/mol.